The summed E-state index contributed by atoms with van der Waals surface area (Å²) in [6, 6.07) is 5.98. The lowest BCUT2D eigenvalue weighted by molar-refractivity contribution is -0.138. The van der Waals surface area contributed by atoms with E-state index in [1.165, 1.54) is 19.8 Å². The van der Waals surface area contributed by atoms with Gasteiger partial charge in [0.1, 0.15) is 5.70 Å². The van der Waals surface area contributed by atoms with Crippen LogP contribution in [0.2, 0.25) is 0 Å². The van der Waals surface area contributed by atoms with Crippen LogP contribution in [0.25, 0.3) is 0 Å². The molecule has 22 heavy (non-hydrogen) atoms. The van der Waals surface area contributed by atoms with E-state index in [4.69, 9.17) is 0 Å². The van der Waals surface area contributed by atoms with E-state index < -0.39 is 11.9 Å². The summed E-state index contributed by atoms with van der Waals surface area (Å²) in [5.74, 6) is -1.25. The van der Waals surface area contributed by atoms with Crippen LogP contribution in [0, 0.1) is 6.92 Å². The molecule has 0 spiro atoms. The molecule has 1 N–H and O–H groups in total. The number of hydrogen-bond acceptors (Lipinski definition) is 5. The van der Waals surface area contributed by atoms with Gasteiger partial charge in [-0.2, -0.15) is 0 Å². The average molecular weight is 305 g/mol. The Morgan fingerprint density at radius 1 is 1.23 bits per heavy atom. The van der Waals surface area contributed by atoms with Crippen LogP contribution in [-0.2, 0) is 25.5 Å². The molecule has 120 valence electrons. The van der Waals surface area contributed by atoms with Gasteiger partial charge in [-0.15, -0.1) is 0 Å². The van der Waals surface area contributed by atoms with Crippen molar-refractivity contribution >= 4 is 17.6 Å². The van der Waals surface area contributed by atoms with Crippen molar-refractivity contribution in [2.24, 2.45) is 0 Å². The van der Waals surface area contributed by atoms with Crippen LogP contribution >= 0.6 is 0 Å². The SMILES string of the molecule is CCCCc1ccc(N/C(=C/C(=O)OC)C(=O)OC)c(C)c1. The van der Waals surface area contributed by atoms with Crippen molar-refractivity contribution in [2.45, 2.75) is 33.1 Å². The van der Waals surface area contributed by atoms with Crippen molar-refractivity contribution in [2.75, 3.05) is 19.5 Å². The lowest BCUT2D eigenvalue weighted by Crippen LogP contribution is -2.16. The van der Waals surface area contributed by atoms with Crippen molar-refractivity contribution in [1.29, 1.82) is 0 Å². The molecule has 0 amide bonds. The lowest BCUT2D eigenvalue weighted by Gasteiger charge is -2.12. The minimum Gasteiger partial charge on any atom is -0.466 e. The maximum Gasteiger partial charge on any atom is 0.354 e. The van der Waals surface area contributed by atoms with Crippen LogP contribution in [0.3, 0.4) is 0 Å². The van der Waals surface area contributed by atoms with Gasteiger partial charge in [-0.1, -0.05) is 25.5 Å². The second-order valence-electron chi connectivity index (χ2n) is 4.95. The van der Waals surface area contributed by atoms with E-state index in [0.29, 0.717) is 0 Å². The van der Waals surface area contributed by atoms with Crippen molar-refractivity contribution in [1.82, 2.24) is 0 Å². The Kier molecular flexibility index (Phi) is 7.16. The smallest absolute Gasteiger partial charge is 0.354 e. The zero-order chi connectivity index (χ0) is 16.5. The number of esters is 2. The van der Waals surface area contributed by atoms with Crippen molar-refractivity contribution < 1.29 is 19.1 Å². The van der Waals surface area contributed by atoms with Crippen molar-refractivity contribution in [3.05, 3.63) is 41.1 Å². The van der Waals surface area contributed by atoms with Crippen molar-refractivity contribution in [3.8, 4) is 0 Å². The Balaban J connectivity index is 2.96. The molecule has 1 aromatic carbocycles. The number of rotatable bonds is 7. The van der Waals surface area contributed by atoms with Gasteiger partial charge in [0.05, 0.1) is 20.3 Å². The minimum absolute atomic E-state index is 0.0405. The minimum atomic E-state index is -0.625. The molecule has 0 unspecified atom stereocenters. The van der Waals surface area contributed by atoms with Crippen LogP contribution in [0.5, 0.6) is 0 Å². The number of anilines is 1. The monoisotopic (exact) mass is 305 g/mol. The van der Waals surface area contributed by atoms with E-state index in [-0.39, 0.29) is 5.70 Å². The summed E-state index contributed by atoms with van der Waals surface area (Å²) in [5.41, 5.74) is 3.04. The molecule has 0 aliphatic carbocycles. The average Bonchev–Trinajstić information content (AvgIpc) is 2.53. The van der Waals surface area contributed by atoms with Gasteiger partial charge in [0, 0.05) is 5.69 Å². The van der Waals surface area contributed by atoms with Crippen LogP contribution in [0.15, 0.2) is 30.0 Å². The highest BCUT2D eigenvalue weighted by Gasteiger charge is 2.13. The first-order chi connectivity index (χ1) is 10.5. The summed E-state index contributed by atoms with van der Waals surface area (Å²) in [6.45, 7) is 4.11. The first-order valence-electron chi connectivity index (χ1n) is 7.26. The molecular formula is C17H23NO4. The molecular weight excluding hydrogens is 282 g/mol. The zero-order valence-corrected chi connectivity index (χ0v) is 13.6. The highest BCUT2D eigenvalue weighted by molar-refractivity contribution is 5.98. The largest absolute Gasteiger partial charge is 0.466 e. The van der Waals surface area contributed by atoms with Gasteiger partial charge in [-0.25, -0.2) is 9.59 Å². The quantitative estimate of drug-likeness (QED) is 0.620. The maximum atomic E-state index is 11.7. The summed E-state index contributed by atoms with van der Waals surface area (Å²) in [4.78, 5) is 23.1. The third-order valence-electron chi connectivity index (χ3n) is 3.25. The van der Waals surface area contributed by atoms with E-state index in [1.54, 1.807) is 0 Å². The van der Waals surface area contributed by atoms with Gasteiger partial charge in [0.2, 0.25) is 0 Å². The first-order valence-corrected chi connectivity index (χ1v) is 7.26. The van der Waals surface area contributed by atoms with E-state index in [2.05, 4.69) is 27.8 Å². The standard InChI is InChI=1S/C17H23NO4/c1-5-6-7-13-8-9-14(12(2)10-13)18-15(17(20)22-4)11-16(19)21-3/h8-11,18H,5-7H2,1-4H3/b15-11+. The second kappa shape index (κ2) is 8.87. The third kappa shape index (κ3) is 5.24. The Hall–Kier alpha value is -2.30. The molecule has 0 bridgehead atoms. The van der Waals surface area contributed by atoms with Crippen LogP contribution in [-0.4, -0.2) is 26.2 Å². The number of unbranched alkanes of at least 4 members (excludes halogenated alkanes) is 1. The van der Waals surface area contributed by atoms with E-state index in [0.717, 1.165) is 36.6 Å². The summed E-state index contributed by atoms with van der Waals surface area (Å²) < 4.78 is 9.21. The molecule has 1 rings (SSSR count). The van der Waals surface area contributed by atoms with E-state index >= 15 is 0 Å². The molecule has 0 fully saturated rings. The van der Waals surface area contributed by atoms with Crippen LogP contribution < -0.4 is 5.32 Å². The Morgan fingerprint density at radius 2 is 1.95 bits per heavy atom. The normalized spacial score (nSPS) is 11.0. The van der Waals surface area contributed by atoms with Crippen molar-refractivity contribution in [3.63, 3.8) is 0 Å². The summed E-state index contributed by atoms with van der Waals surface area (Å²) in [7, 11) is 2.51. The number of benzene rings is 1. The predicted molar refractivity (Wildman–Crippen MR) is 85.5 cm³/mol. The van der Waals surface area contributed by atoms with Gasteiger partial charge in [-0.05, 0) is 37.0 Å². The number of ether oxygens (including phenoxy) is 2. The van der Waals surface area contributed by atoms with E-state index in [9.17, 15) is 9.59 Å². The molecule has 0 atom stereocenters. The van der Waals surface area contributed by atoms with Gasteiger partial charge in [0.25, 0.3) is 0 Å². The Bertz CT molecular complexity index is 564. The summed E-state index contributed by atoms with van der Waals surface area (Å²) >= 11 is 0. The summed E-state index contributed by atoms with van der Waals surface area (Å²) in [6.07, 6.45) is 4.39. The van der Waals surface area contributed by atoms with Gasteiger partial charge >= 0.3 is 11.9 Å². The second-order valence-corrected chi connectivity index (χ2v) is 4.95. The highest BCUT2D eigenvalue weighted by atomic mass is 16.5. The molecule has 0 aromatic heterocycles. The van der Waals surface area contributed by atoms with E-state index in [1.807, 2.05) is 19.1 Å². The Labute approximate surface area is 131 Å². The molecule has 0 radical (unpaired) electrons. The molecule has 0 saturated carbocycles. The maximum absolute atomic E-state index is 11.7. The van der Waals surface area contributed by atoms with Gasteiger partial charge in [-0.3, -0.25) is 0 Å². The summed E-state index contributed by atoms with van der Waals surface area (Å²) in [5, 5.41) is 2.93. The molecule has 0 aliphatic rings. The topological polar surface area (TPSA) is 64.6 Å². The highest BCUT2D eigenvalue weighted by Crippen LogP contribution is 2.20. The first kappa shape index (κ1) is 17.8. The fraction of sp³-hybridized carbons (Fsp3) is 0.412. The van der Waals surface area contributed by atoms with Crippen LogP contribution in [0.1, 0.15) is 30.9 Å². The number of carbonyl (C=O) groups excluding carboxylic acids is 2. The van der Waals surface area contributed by atoms with Gasteiger partial charge in [0.15, 0.2) is 0 Å². The lowest BCUT2D eigenvalue weighted by atomic mass is 10.0. The van der Waals surface area contributed by atoms with Crippen LogP contribution in [0.4, 0.5) is 5.69 Å². The molecule has 1 aromatic rings. The molecule has 5 heteroatoms. The number of methoxy groups -OCH3 is 2. The molecule has 0 heterocycles. The fourth-order valence-corrected chi connectivity index (χ4v) is 1.98. The molecule has 5 nitrogen and oxygen atoms in total. The fourth-order valence-electron chi connectivity index (χ4n) is 1.98. The number of nitrogens with one attached hydrogen (secondary N) is 1. The molecule has 0 saturated heterocycles. The predicted octanol–water partition coefficient (Wildman–Crippen LogP) is 2.98. The molecule has 0 aliphatic heterocycles. The zero-order valence-electron chi connectivity index (χ0n) is 13.6. The number of carbonyl (C=O) groups is 2. The Morgan fingerprint density at radius 3 is 2.50 bits per heavy atom. The number of aryl methyl sites for hydroxylation is 2. The van der Waals surface area contributed by atoms with Gasteiger partial charge < -0.3 is 14.8 Å². The number of hydrogen-bond donors (Lipinski definition) is 1. The third-order valence-corrected chi connectivity index (χ3v) is 3.25.